The number of nitrogens with zero attached hydrogens (tertiary/aromatic N) is 1. The van der Waals surface area contributed by atoms with Gasteiger partial charge in [0.1, 0.15) is 10.6 Å². The van der Waals surface area contributed by atoms with Gasteiger partial charge in [-0.3, -0.25) is 4.79 Å². The predicted octanol–water partition coefficient (Wildman–Crippen LogP) is 1.87. The Balaban J connectivity index is 2.12. The average Bonchev–Trinajstić information content (AvgIpc) is 2.56. The van der Waals surface area contributed by atoms with Gasteiger partial charge in [-0.2, -0.15) is 0 Å². The van der Waals surface area contributed by atoms with E-state index in [2.05, 4.69) is 5.32 Å². The highest BCUT2D eigenvalue weighted by molar-refractivity contribution is 8.13. The molecule has 1 aliphatic carbocycles. The molecule has 2 rings (SSSR count). The minimum atomic E-state index is -3.80. The van der Waals surface area contributed by atoms with Crippen molar-refractivity contribution >= 4 is 25.6 Å². The molecular formula is C12H17ClN2O3S. The number of carbonyl (C=O) groups excluding carboxylic acids is 1. The maximum absolute atomic E-state index is 12.1. The normalized spacial score (nSPS) is 17.8. The smallest absolute Gasteiger partial charge is 0.268 e. The molecule has 0 spiro atoms. The van der Waals surface area contributed by atoms with Gasteiger partial charge in [0.15, 0.2) is 0 Å². The zero-order valence-corrected chi connectivity index (χ0v) is 12.5. The van der Waals surface area contributed by atoms with Crippen molar-refractivity contribution in [3.8, 4) is 0 Å². The maximum atomic E-state index is 12.1. The van der Waals surface area contributed by atoms with Gasteiger partial charge < -0.3 is 9.88 Å². The quantitative estimate of drug-likeness (QED) is 0.864. The van der Waals surface area contributed by atoms with Crippen molar-refractivity contribution in [2.24, 2.45) is 13.0 Å². The lowest BCUT2D eigenvalue weighted by Gasteiger charge is -2.31. The van der Waals surface area contributed by atoms with Gasteiger partial charge in [0, 0.05) is 30.0 Å². The number of amides is 1. The topological polar surface area (TPSA) is 68.2 Å². The zero-order valence-electron chi connectivity index (χ0n) is 10.9. The van der Waals surface area contributed by atoms with Gasteiger partial charge >= 0.3 is 0 Å². The number of halogens is 1. The van der Waals surface area contributed by atoms with Crippen LogP contribution in [-0.2, 0) is 16.1 Å². The fourth-order valence-electron chi connectivity index (χ4n) is 2.23. The second kappa shape index (κ2) is 5.17. The summed E-state index contributed by atoms with van der Waals surface area (Å²) in [6.07, 6.45) is 4.82. The Hall–Kier alpha value is -1.01. The van der Waals surface area contributed by atoms with Gasteiger partial charge in [-0.1, -0.05) is 6.42 Å². The molecule has 1 amide bonds. The number of nitrogens with one attached hydrogen (secondary N) is 1. The molecule has 0 aromatic carbocycles. The standard InChI is InChI=1S/C12H17ClN2O3S/c1-8(9-4-3-5-9)14-12(16)11-6-10(7-15(11)2)19(13,17)18/h6-9H,3-5H2,1-2H3,(H,14,16). The van der Waals surface area contributed by atoms with Crippen LogP contribution in [0.3, 0.4) is 0 Å². The predicted molar refractivity (Wildman–Crippen MR) is 72.7 cm³/mol. The molecule has 1 unspecified atom stereocenters. The SMILES string of the molecule is CC(NC(=O)c1cc(S(=O)(=O)Cl)cn1C)C1CCC1. The van der Waals surface area contributed by atoms with E-state index in [-0.39, 0.29) is 16.8 Å². The second-order valence-corrected chi connectivity index (χ2v) is 7.63. The average molecular weight is 305 g/mol. The highest BCUT2D eigenvalue weighted by atomic mass is 35.7. The van der Waals surface area contributed by atoms with E-state index in [0.717, 1.165) is 12.8 Å². The number of hydrogen-bond donors (Lipinski definition) is 1. The number of carbonyl (C=O) groups is 1. The molecule has 0 bridgehead atoms. The van der Waals surface area contributed by atoms with E-state index in [4.69, 9.17) is 10.7 Å². The first-order valence-corrected chi connectivity index (χ1v) is 8.52. The Labute approximate surface area is 117 Å². The third-order valence-electron chi connectivity index (χ3n) is 3.71. The van der Waals surface area contributed by atoms with Crippen molar-refractivity contribution in [3.63, 3.8) is 0 Å². The monoisotopic (exact) mass is 304 g/mol. The zero-order chi connectivity index (χ0) is 14.2. The van der Waals surface area contributed by atoms with Crippen LogP contribution in [0, 0.1) is 5.92 Å². The first-order chi connectivity index (χ1) is 8.79. The van der Waals surface area contributed by atoms with Gasteiger partial charge in [0.25, 0.3) is 15.0 Å². The third kappa shape index (κ3) is 3.12. The number of aryl methyl sites for hydroxylation is 1. The van der Waals surface area contributed by atoms with Gasteiger partial charge in [0.05, 0.1) is 0 Å². The third-order valence-corrected chi connectivity index (χ3v) is 5.03. The fourth-order valence-corrected chi connectivity index (χ4v) is 3.02. The molecule has 1 aromatic heterocycles. The summed E-state index contributed by atoms with van der Waals surface area (Å²) in [5.41, 5.74) is 0.297. The molecule has 0 saturated heterocycles. The molecule has 5 nitrogen and oxygen atoms in total. The van der Waals surface area contributed by atoms with Crippen molar-refractivity contribution < 1.29 is 13.2 Å². The molecular weight excluding hydrogens is 288 g/mol. The molecule has 1 atom stereocenters. The van der Waals surface area contributed by atoms with E-state index in [1.165, 1.54) is 23.3 Å². The van der Waals surface area contributed by atoms with Crippen molar-refractivity contribution in [3.05, 3.63) is 18.0 Å². The van der Waals surface area contributed by atoms with Crippen LogP contribution in [-0.4, -0.2) is 24.9 Å². The van der Waals surface area contributed by atoms with Crippen molar-refractivity contribution in [2.45, 2.75) is 37.1 Å². The molecule has 0 radical (unpaired) electrons. The second-order valence-electron chi connectivity index (χ2n) is 5.06. The summed E-state index contributed by atoms with van der Waals surface area (Å²) in [5, 5.41) is 2.91. The van der Waals surface area contributed by atoms with Crippen LogP contribution in [0.15, 0.2) is 17.2 Å². The summed E-state index contributed by atoms with van der Waals surface area (Å²) >= 11 is 0. The van der Waals surface area contributed by atoms with Crippen molar-refractivity contribution in [2.75, 3.05) is 0 Å². The van der Waals surface area contributed by atoms with E-state index in [1.807, 2.05) is 6.92 Å². The summed E-state index contributed by atoms with van der Waals surface area (Å²) in [6.45, 7) is 1.98. The summed E-state index contributed by atoms with van der Waals surface area (Å²) in [6, 6.07) is 1.40. The van der Waals surface area contributed by atoms with E-state index in [9.17, 15) is 13.2 Å². The van der Waals surface area contributed by atoms with Gasteiger partial charge in [-0.05, 0) is 31.7 Å². The molecule has 1 saturated carbocycles. The van der Waals surface area contributed by atoms with Gasteiger partial charge in [0.2, 0.25) is 0 Å². The first-order valence-electron chi connectivity index (χ1n) is 6.21. The highest BCUT2D eigenvalue weighted by Gasteiger charge is 2.26. The maximum Gasteiger partial charge on any atom is 0.268 e. The Morgan fingerprint density at radius 3 is 2.58 bits per heavy atom. The van der Waals surface area contributed by atoms with Crippen LogP contribution < -0.4 is 5.32 Å². The van der Waals surface area contributed by atoms with Gasteiger partial charge in [-0.25, -0.2) is 8.42 Å². The largest absolute Gasteiger partial charge is 0.348 e. The lowest BCUT2D eigenvalue weighted by molar-refractivity contribution is 0.0901. The summed E-state index contributed by atoms with van der Waals surface area (Å²) < 4.78 is 23.9. The summed E-state index contributed by atoms with van der Waals surface area (Å²) in [4.78, 5) is 12.0. The van der Waals surface area contributed by atoms with Crippen LogP contribution in [0.25, 0.3) is 0 Å². The Morgan fingerprint density at radius 1 is 1.53 bits per heavy atom. The van der Waals surface area contributed by atoms with Crippen LogP contribution in [0.1, 0.15) is 36.7 Å². The molecule has 1 fully saturated rings. The van der Waals surface area contributed by atoms with Crippen molar-refractivity contribution in [1.29, 1.82) is 0 Å². The van der Waals surface area contributed by atoms with E-state index >= 15 is 0 Å². The molecule has 1 aromatic rings. The molecule has 106 valence electrons. The molecule has 7 heteroatoms. The molecule has 1 aliphatic rings. The lowest BCUT2D eigenvalue weighted by Crippen LogP contribution is -2.41. The molecule has 19 heavy (non-hydrogen) atoms. The van der Waals surface area contributed by atoms with Crippen LogP contribution in [0.5, 0.6) is 0 Å². The van der Waals surface area contributed by atoms with E-state index < -0.39 is 9.05 Å². The highest BCUT2D eigenvalue weighted by Crippen LogP contribution is 2.29. The molecule has 0 aliphatic heterocycles. The van der Waals surface area contributed by atoms with E-state index in [0.29, 0.717) is 11.6 Å². The van der Waals surface area contributed by atoms with Crippen molar-refractivity contribution in [1.82, 2.24) is 9.88 Å². The van der Waals surface area contributed by atoms with Crippen LogP contribution >= 0.6 is 10.7 Å². The number of hydrogen-bond acceptors (Lipinski definition) is 3. The Morgan fingerprint density at radius 2 is 2.16 bits per heavy atom. The van der Waals surface area contributed by atoms with Crippen LogP contribution in [0.4, 0.5) is 0 Å². The fraction of sp³-hybridized carbons (Fsp3) is 0.583. The summed E-state index contributed by atoms with van der Waals surface area (Å²) in [7, 11) is 3.08. The first kappa shape index (κ1) is 14.4. The minimum absolute atomic E-state index is 0.0573. The lowest BCUT2D eigenvalue weighted by atomic mass is 9.80. The molecule has 1 heterocycles. The number of rotatable bonds is 4. The Bertz CT molecular complexity index is 590. The number of aromatic nitrogens is 1. The molecule has 1 N–H and O–H groups in total. The Kier molecular flexibility index (Phi) is 3.92. The van der Waals surface area contributed by atoms with Gasteiger partial charge in [-0.15, -0.1) is 0 Å². The summed E-state index contributed by atoms with van der Waals surface area (Å²) in [5.74, 6) is 0.258. The van der Waals surface area contributed by atoms with Crippen LogP contribution in [0.2, 0.25) is 0 Å². The minimum Gasteiger partial charge on any atom is -0.348 e. The van der Waals surface area contributed by atoms with E-state index in [1.54, 1.807) is 7.05 Å².